The van der Waals surface area contributed by atoms with E-state index in [1.807, 2.05) is 55.5 Å². The summed E-state index contributed by atoms with van der Waals surface area (Å²) in [6.45, 7) is 8.93. The molecule has 180 valence electrons. The van der Waals surface area contributed by atoms with Crippen molar-refractivity contribution in [3.8, 4) is 0 Å². The maximum Gasteiger partial charge on any atom is 0.207 e. The first-order valence-corrected chi connectivity index (χ1v) is 12.1. The third-order valence-electron chi connectivity index (χ3n) is 6.64. The molecule has 0 spiro atoms. The van der Waals surface area contributed by atoms with Gasteiger partial charge in [-0.3, -0.25) is 0 Å². The number of rotatable bonds is 4. The van der Waals surface area contributed by atoms with E-state index in [1.165, 1.54) is 12.1 Å². The van der Waals surface area contributed by atoms with Crippen LogP contribution in [0.1, 0.15) is 23.6 Å². The van der Waals surface area contributed by atoms with Gasteiger partial charge < -0.3 is 19.8 Å². The Bertz CT molecular complexity index is 1270. The summed E-state index contributed by atoms with van der Waals surface area (Å²) in [5.41, 5.74) is 4.99. The van der Waals surface area contributed by atoms with E-state index >= 15 is 0 Å². The average molecular weight is 491 g/mol. The molecule has 1 N–H and O–H groups in total. The molecule has 0 amide bonds. The minimum atomic E-state index is -0.229. The summed E-state index contributed by atoms with van der Waals surface area (Å²) in [6.07, 6.45) is 0.383. The highest BCUT2D eigenvalue weighted by molar-refractivity contribution is 6.30. The zero-order valence-corrected chi connectivity index (χ0v) is 20.4. The lowest BCUT2D eigenvalue weighted by atomic mass is 9.96. The zero-order chi connectivity index (χ0) is 24.5. The maximum absolute atomic E-state index is 13.4. The van der Waals surface area contributed by atoms with Crippen molar-refractivity contribution in [3.05, 3.63) is 101 Å². The summed E-state index contributed by atoms with van der Waals surface area (Å²) in [4.78, 5) is 11.9. The third kappa shape index (κ3) is 4.71. The molecule has 7 heteroatoms. The summed E-state index contributed by atoms with van der Waals surface area (Å²) in [7, 11) is 0. The van der Waals surface area contributed by atoms with Crippen LogP contribution in [0.2, 0.25) is 5.02 Å². The lowest BCUT2D eigenvalue weighted by Gasteiger charge is -2.45. The summed E-state index contributed by atoms with van der Waals surface area (Å²) in [6, 6.07) is 20.4. The fourth-order valence-corrected chi connectivity index (χ4v) is 5.17. The Morgan fingerprint density at radius 3 is 2.40 bits per heavy atom. The quantitative estimate of drug-likeness (QED) is 0.417. The number of hydrogen-bond acceptors (Lipinski definition) is 5. The molecule has 1 unspecified atom stereocenters. The van der Waals surface area contributed by atoms with Crippen molar-refractivity contribution in [2.45, 2.75) is 19.4 Å². The predicted octanol–water partition coefficient (Wildman–Crippen LogP) is 6.62. The second-order valence-electron chi connectivity index (χ2n) is 9.01. The van der Waals surface area contributed by atoms with Gasteiger partial charge in [0.2, 0.25) is 5.96 Å². The van der Waals surface area contributed by atoms with E-state index in [1.54, 1.807) is 0 Å². The number of aryl methyl sites for hydroxylation is 1. The topological polar surface area (TPSA) is 42.3 Å². The van der Waals surface area contributed by atoms with Crippen molar-refractivity contribution < 1.29 is 9.50 Å². The van der Waals surface area contributed by atoms with Crippen LogP contribution in [-0.2, 0) is 0 Å². The van der Waals surface area contributed by atoms with E-state index < -0.39 is 0 Å². The van der Waals surface area contributed by atoms with Crippen molar-refractivity contribution in [1.29, 1.82) is 0 Å². The van der Waals surface area contributed by atoms with Crippen molar-refractivity contribution >= 4 is 34.6 Å². The van der Waals surface area contributed by atoms with Crippen molar-refractivity contribution in [3.63, 3.8) is 0 Å². The van der Waals surface area contributed by atoms with Gasteiger partial charge in [0.25, 0.3) is 0 Å². The van der Waals surface area contributed by atoms with Crippen LogP contribution in [0.15, 0.2) is 84.1 Å². The first-order chi connectivity index (χ1) is 16.9. The van der Waals surface area contributed by atoms with Gasteiger partial charge in [0.05, 0.1) is 17.5 Å². The number of para-hydroxylation sites is 1. The van der Waals surface area contributed by atoms with Crippen molar-refractivity contribution in [2.75, 3.05) is 36.0 Å². The second-order valence-corrected chi connectivity index (χ2v) is 9.44. The second kappa shape index (κ2) is 9.62. The number of nitrogens with zero attached hydrogens (tertiary/aromatic N) is 4. The summed E-state index contributed by atoms with van der Waals surface area (Å²) < 4.78 is 13.4. The van der Waals surface area contributed by atoms with Crippen LogP contribution in [0.3, 0.4) is 0 Å². The van der Waals surface area contributed by atoms with Crippen molar-refractivity contribution in [2.24, 2.45) is 4.99 Å². The van der Waals surface area contributed by atoms with Crippen molar-refractivity contribution in [1.82, 2.24) is 4.90 Å². The van der Waals surface area contributed by atoms with Crippen LogP contribution in [0, 0.1) is 12.7 Å². The molecule has 5 rings (SSSR count). The molecule has 1 saturated heterocycles. The Hall–Kier alpha value is -3.51. The van der Waals surface area contributed by atoms with E-state index in [9.17, 15) is 9.50 Å². The van der Waals surface area contributed by atoms with Gasteiger partial charge in [-0.05, 0) is 61.0 Å². The molecule has 0 aromatic heterocycles. The van der Waals surface area contributed by atoms with Crippen LogP contribution in [0.25, 0.3) is 0 Å². The van der Waals surface area contributed by atoms with Crippen LogP contribution in [0.5, 0.6) is 0 Å². The molecule has 5 nitrogen and oxygen atoms in total. The highest BCUT2D eigenvalue weighted by atomic mass is 35.5. The number of benzene rings is 3. The highest BCUT2D eigenvalue weighted by Crippen LogP contribution is 2.42. The number of piperazine rings is 1. The highest BCUT2D eigenvalue weighted by Gasteiger charge is 2.36. The Kier molecular flexibility index (Phi) is 6.39. The number of fused-ring (bicyclic) bond motifs is 1. The summed E-state index contributed by atoms with van der Waals surface area (Å²) >= 11 is 6.28. The monoisotopic (exact) mass is 490 g/mol. The number of aliphatic hydroxyl groups is 1. The third-order valence-corrected chi connectivity index (χ3v) is 6.88. The Morgan fingerprint density at radius 1 is 1.03 bits per heavy atom. The number of aliphatic imine (C=N–C) groups is 1. The molecule has 2 aliphatic heterocycles. The van der Waals surface area contributed by atoms with Crippen LogP contribution in [0.4, 0.5) is 21.5 Å². The molecule has 2 heterocycles. The lowest BCUT2D eigenvalue weighted by molar-refractivity contribution is 0.359. The number of hydrogen-bond donors (Lipinski definition) is 1. The summed E-state index contributed by atoms with van der Waals surface area (Å²) in [5, 5.41) is 10.9. The molecule has 0 saturated carbocycles. The molecular formula is C28H28ClFN4O. The molecule has 0 bridgehead atoms. The van der Waals surface area contributed by atoms with Gasteiger partial charge in [0.15, 0.2) is 0 Å². The normalized spacial score (nSPS) is 17.7. The van der Waals surface area contributed by atoms with Gasteiger partial charge in [-0.2, -0.15) is 0 Å². The minimum Gasteiger partial charge on any atom is -0.513 e. The fraction of sp³-hybridized carbons (Fsp3) is 0.250. The van der Waals surface area contributed by atoms with E-state index in [0.29, 0.717) is 11.4 Å². The van der Waals surface area contributed by atoms with Gasteiger partial charge in [-0.15, -0.1) is 0 Å². The minimum absolute atomic E-state index is 0.129. The number of aliphatic hydroxyl groups excluding tert-OH is 1. The van der Waals surface area contributed by atoms with Crippen LogP contribution < -0.4 is 9.80 Å². The Balaban J connectivity index is 1.52. The fourth-order valence-electron chi connectivity index (χ4n) is 4.94. The van der Waals surface area contributed by atoms with Gasteiger partial charge in [0, 0.05) is 54.6 Å². The first-order valence-electron chi connectivity index (χ1n) is 11.8. The maximum atomic E-state index is 13.4. The molecule has 0 aliphatic carbocycles. The SMILES string of the molecule is C=C(O)CC1c2ccccc2N=C(N2CCN(c3ccc(F)cc3)CC2)N1c1ccc(Cl)cc1C. The molecular weight excluding hydrogens is 463 g/mol. The Morgan fingerprint density at radius 2 is 1.71 bits per heavy atom. The molecule has 35 heavy (non-hydrogen) atoms. The Labute approximate surface area is 210 Å². The van der Waals surface area contributed by atoms with Crippen LogP contribution in [-0.4, -0.2) is 42.1 Å². The van der Waals surface area contributed by atoms with Gasteiger partial charge >= 0.3 is 0 Å². The standard InChI is InChI=1S/C28H28ClFN4O/c1-19-17-21(29)7-12-26(19)34-27(18-20(2)35)24-5-3-4-6-25(24)31-28(34)33-15-13-32(14-16-33)23-10-8-22(30)9-11-23/h3-12,17,27,35H,2,13-16,18H2,1H3. The summed E-state index contributed by atoms with van der Waals surface area (Å²) in [5.74, 6) is 0.746. The first kappa shape index (κ1) is 23.2. The molecule has 2 aliphatic rings. The lowest BCUT2D eigenvalue weighted by Crippen LogP contribution is -2.55. The van der Waals surface area contributed by atoms with E-state index in [4.69, 9.17) is 16.6 Å². The largest absolute Gasteiger partial charge is 0.513 e. The number of halogens is 2. The predicted molar refractivity (Wildman–Crippen MR) is 142 cm³/mol. The van der Waals surface area contributed by atoms with Crippen LogP contribution >= 0.6 is 11.6 Å². The van der Waals surface area contributed by atoms with E-state index in [-0.39, 0.29) is 17.6 Å². The van der Waals surface area contributed by atoms with Gasteiger partial charge in [-0.25, -0.2) is 9.38 Å². The molecule has 1 fully saturated rings. The van der Waals surface area contributed by atoms with E-state index in [2.05, 4.69) is 27.3 Å². The molecule has 3 aromatic carbocycles. The molecule has 1 atom stereocenters. The zero-order valence-electron chi connectivity index (χ0n) is 19.7. The van der Waals surface area contributed by atoms with Gasteiger partial charge in [-0.1, -0.05) is 36.4 Å². The van der Waals surface area contributed by atoms with E-state index in [0.717, 1.165) is 60.3 Å². The molecule has 0 radical (unpaired) electrons. The molecule has 3 aromatic rings. The smallest absolute Gasteiger partial charge is 0.207 e. The number of guanidine groups is 1. The van der Waals surface area contributed by atoms with Gasteiger partial charge in [0.1, 0.15) is 5.82 Å². The average Bonchev–Trinajstić information content (AvgIpc) is 2.85. The number of anilines is 2.